The molecule has 1 amide bonds. The molecule has 0 aliphatic carbocycles. The molecule has 1 atom stereocenters. The van der Waals surface area contributed by atoms with Crippen LogP contribution in [0.25, 0.3) is 0 Å². The Balaban J connectivity index is 0. The predicted octanol–water partition coefficient (Wildman–Crippen LogP) is -0.499. The van der Waals surface area contributed by atoms with Gasteiger partial charge in [-0.1, -0.05) is 52.2 Å². The zero-order valence-electron chi connectivity index (χ0n) is 16.3. The molecule has 0 fully saturated rings. The SMILES string of the molecule is C=CC([O-])=NCCCCCCCCOC(=O)N[C@@H](CC(C)C)C(=O)O.[Na+]. The van der Waals surface area contributed by atoms with Gasteiger partial charge in [-0.25, -0.2) is 9.59 Å². The van der Waals surface area contributed by atoms with Crippen molar-refractivity contribution < 1.29 is 54.1 Å². The number of nitrogens with zero attached hydrogens (tertiary/aromatic N) is 1. The summed E-state index contributed by atoms with van der Waals surface area (Å²) in [5.41, 5.74) is 0. The van der Waals surface area contributed by atoms with Gasteiger partial charge in [-0.15, -0.1) is 0 Å². The Morgan fingerprint density at radius 1 is 1.19 bits per heavy atom. The molecule has 8 heteroatoms. The first-order valence-corrected chi connectivity index (χ1v) is 8.86. The zero-order valence-corrected chi connectivity index (χ0v) is 18.3. The van der Waals surface area contributed by atoms with Crippen molar-refractivity contribution in [2.75, 3.05) is 13.2 Å². The second-order valence-corrected chi connectivity index (χ2v) is 6.35. The van der Waals surface area contributed by atoms with Crippen LogP contribution in [0.2, 0.25) is 0 Å². The van der Waals surface area contributed by atoms with E-state index in [0.29, 0.717) is 13.0 Å². The van der Waals surface area contributed by atoms with Crippen molar-refractivity contribution in [1.29, 1.82) is 0 Å². The Bertz CT molecular complexity index is 441. The number of ether oxygens (including phenoxy) is 1. The van der Waals surface area contributed by atoms with Crippen molar-refractivity contribution in [3.05, 3.63) is 12.7 Å². The maximum absolute atomic E-state index is 11.6. The van der Waals surface area contributed by atoms with Crippen molar-refractivity contribution in [1.82, 2.24) is 5.32 Å². The van der Waals surface area contributed by atoms with Crippen LogP contribution in [0.1, 0.15) is 58.8 Å². The number of aliphatic carboxylic acids is 1. The molecule has 0 heterocycles. The van der Waals surface area contributed by atoms with Gasteiger partial charge in [-0.3, -0.25) is 0 Å². The fourth-order valence-electron chi connectivity index (χ4n) is 2.22. The molecule has 26 heavy (non-hydrogen) atoms. The van der Waals surface area contributed by atoms with E-state index in [0.717, 1.165) is 38.5 Å². The Morgan fingerprint density at radius 2 is 1.77 bits per heavy atom. The molecule has 0 aromatic heterocycles. The maximum Gasteiger partial charge on any atom is 1.00 e. The van der Waals surface area contributed by atoms with Crippen molar-refractivity contribution in [3.63, 3.8) is 0 Å². The molecule has 0 spiro atoms. The number of carboxylic acids is 1. The van der Waals surface area contributed by atoms with Crippen LogP contribution < -0.4 is 40.0 Å². The van der Waals surface area contributed by atoms with E-state index in [1.807, 2.05) is 13.8 Å². The first kappa shape index (κ1) is 27.2. The quantitative estimate of drug-likeness (QED) is 0.183. The number of rotatable bonds is 14. The number of unbranched alkanes of at least 4 members (excludes halogenated alkanes) is 5. The molecule has 0 aromatic carbocycles. The third-order valence-corrected chi connectivity index (χ3v) is 3.53. The molecule has 0 rings (SSSR count). The fourth-order valence-corrected chi connectivity index (χ4v) is 2.22. The van der Waals surface area contributed by atoms with Crippen molar-refractivity contribution >= 4 is 18.0 Å². The van der Waals surface area contributed by atoms with Crippen LogP contribution in [0.4, 0.5) is 4.79 Å². The van der Waals surface area contributed by atoms with Gasteiger partial charge in [0.05, 0.1) is 6.61 Å². The average molecular weight is 378 g/mol. The molecule has 0 aromatic rings. The van der Waals surface area contributed by atoms with Crippen LogP contribution >= 0.6 is 0 Å². The molecule has 0 radical (unpaired) electrons. The Hall–Kier alpha value is -1.05. The van der Waals surface area contributed by atoms with Gasteiger partial charge in [0.2, 0.25) is 0 Å². The number of hydrogen-bond donors (Lipinski definition) is 2. The minimum absolute atomic E-state index is 0. The number of carbonyl (C=O) groups excluding carboxylic acids is 1. The molecular weight excluding hydrogens is 347 g/mol. The number of nitrogens with one attached hydrogen (secondary N) is 1. The van der Waals surface area contributed by atoms with E-state index in [9.17, 15) is 14.7 Å². The van der Waals surface area contributed by atoms with E-state index >= 15 is 0 Å². The standard InChI is InChI=1S/C18H32N2O5.Na/c1-4-16(21)19-11-9-7-5-6-8-10-12-25-18(24)20-15(17(22)23)13-14(2)3;/h4,14-15H,1,5-13H2,2-3H3,(H,19,21)(H,20,24)(H,22,23);/q;+1/p-1/t15-;/m0./s1. The number of alkyl carbamates (subject to hydrolysis) is 1. The van der Waals surface area contributed by atoms with E-state index in [-0.39, 0.29) is 48.0 Å². The van der Waals surface area contributed by atoms with Gasteiger partial charge in [0.15, 0.2) is 0 Å². The van der Waals surface area contributed by atoms with Gasteiger partial charge < -0.3 is 25.3 Å². The molecule has 144 valence electrons. The monoisotopic (exact) mass is 378 g/mol. The zero-order chi connectivity index (χ0) is 19.1. The number of hydrogen-bond acceptors (Lipinski definition) is 5. The third kappa shape index (κ3) is 16.4. The van der Waals surface area contributed by atoms with Gasteiger partial charge in [0, 0.05) is 6.54 Å². The summed E-state index contributed by atoms with van der Waals surface area (Å²) < 4.78 is 5.01. The van der Waals surface area contributed by atoms with Crippen LogP contribution in [0, 0.1) is 5.92 Å². The van der Waals surface area contributed by atoms with Crippen LogP contribution in [-0.4, -0.2) is 42.3 Å². The minimum atomic E-state index is -1.05. The Morgan fingerprint density at radius 3 is 2.31 bits per heavy atom. The summed E-state index contributed by atoms with van der Waals surface area (Å²) in [5.74, 6) is -1.15. The first-order chi connectivity index (χ1) is 11.9. The normalized spacial score (nSPS) is 12.2. The third-order valence-electron chi connectivity index (χ3n) is 3.53. The molecule has 2 N–H and O–H groups in total. The number of aliphatic imine (C=N–C) groups is 1. The molecule has 0 saturated carbocycles. The van der Waals surface area contributed by atoms with Crippen LogP contribution in [0.15, 0.2) is 17.6 Å². The fraction of sp³-hybridized carbons (Fsp3) is 0.722. The van der Waals surface area contributed by atoms with Gasteiger partial charge in [0.1, 0.15) is 6.04 Å². The van der Waals surface area contributed by atoms with Gasteiger partial charge >= 0.3 is 41.6 Å². The molecular formula is C18H31N2NaO5. The van der Waals surface area contributed by atoms with E-state index in [4.69, 9.17) is 9.84 Å². The average Bonchev–Trinajstić information content (AvgIpc) is 2.55. The van der Waals surface area contributed by atoms with Crippen molar-refractivity contribution in [2.45, 2.75) is 64.8 Å². The maximum atomic E-state index is 11.6. The minimum Gasteiger partial charge on any atom is -0.859 e. The van der Waals surface area contributed by atoms with Gasteiger partial charge in [0.25, 0.3) is 0 Å². The molecule has 0 aliphatic heterocycles. The van der Waals surface area contributed by atoms with E-state index in [2.05, 4.69) is 16.9 Å². The van der Waals surface area contributed by atoms with Crippen LogP contribution in [-0.2, 0) is 9.53 Å². The van der Waals surface area contributed by atoms with E-state index in [1.165, 1.54) is 6.08 Å². The number of carbonyl (C=O) groups is 2. The second kappa shape index (κ2) is 17.4. The number of carboxylic acid groups (broad SMARTS) is 1. The van der Waals surface area contributed by atoms with Gasteiger partial charge in [-0.2, -0.15) is 0 Å². The summed E-state index contributed by atoms with van der Waals surface area (Å²) in [6.45, 7) is 7.97. The van der Waals surface area contributed by atoms with E-state index in [1.54, 1.807) is 0 Å². The van der Waals surface area contributed by atoms with E-state index < -0.39 is 18.1 Å². The summed E-state index contributed by atoms with van der Waals surface area (Å²) in [7, 11) is 0. The summed E-state index contributed by atoms with van der Waals surface area (Å²) >= 11 is 0. The van der Waals surface area contributed by atoms with Crippen LogP contribution in [0.3, 0.4) is 0 Å². The Labute approximate surface area is 178 Å². The summed E-state index contributed by atoms with van der Waals surface area (Å²) in [6, 6.07) is -0.911. The molecule has 0 unspecified atom stereocenters. The smallest absolute Gasteiger partial charge is 0.859 e. The molecule has 7 nitrogen and oxygen atoms in total. The predicted molar refractivity (Wildman–Crippen MR) is 95.6 cm³/mol. The molecule has 0 saturated heterocycles. The second-order valence-electron chi connectivity index (χ2n) is 6.35. The Kier molecular flexibility index (Phi) is 18.2. The van der Waals surface area contributed by atoms with Crippen LogP contribution in [0.5, 0.6) is 0 Å². The molecule has 0 bridgehead atoms. The first-order valence-electron chi connectivity index (χ1n) is 8.86. The van der Waals surface area contributed by atoms with Crippen molar-refractivity contribution in [3.8, 4) is 0 Å². The van der Waals surface area contributed by atoms with Crippen molar-refractivity contribution in [2.24, 2.45) is 10.9 Å². The topological polar surface area (TPSA) is 111 Å². The summed E-state index contributed by atoms with van der Waals surface area (Å²) in [4.78, 5) is 26.4. The largest absolute Gasteiger partial charge is 1.00 e. The van der Waals surface area contributed by atoms with Gasteiger partial charge in [-0.05, 0) is 31.1 Å². The number of amides is 1. The summed E-state index contributed by atoms with van der Waals surface area (Å²) in [5, 5.41) is 22.3. The summed E-state index contributed by atoms with van der Waals surface area (Å²) in [6.07, 6.45) is 6.52. The molecule has 0 aliphatic rings.